The van der Waals surface area contributed by atoms with Gasteiger partial charge in [0.2, 0.25) is 13.0 Å². The molecule has 1 heterocycles. The van der Waals surface area contributed by atoms with Gasteiger partial charge in [0, 0.05) is 18.2 Å². The molecule has 1 unspecified atom stereocenters. The average molecular weight is 232 g/mol. The Balaban J connectivity index is 2.88. The summed E-state index contributed by atoms with van der Waals surface area (Å²) in [5.74, 6) is 1.12. The molecule has 78 valence electrons. The summed E-state index contributed by atoms with van der Waals surface area (Å²) in [4.78, 5) is 17.3. The highest BCUT2D eigenvalue weighted by Crippen LogP contribution is 2.21. The zero-order chi connectivity index (χ0) is 10.6. The second-order valence-electron chi connectivity index (χ2n) is 2.88. The fourth-order valence-electron chi connectivity index (χ4n) is 1.08. The Hall–Kier alpha value is -0.510. The summed E-state index contributed by atoms with van der Waals surface area (Å²) in [6, 6.07) is 1.67. The van der Waals surface area contributed by atoms with Crippen LogP contribution in [0.25, 0.3) is 0 Å². The average Bonchev–Trinajstić information content (AvgIpc) is 2.01. The van der Waals surface area contributed by atoms with Crippen molar-refractivity contribution < 1.29 is 9.42 Å². The van der Waals surface area contributed by atoms with E-state index >= 15 is 0 Å². The van der Waals surface area contributed by atoms with Crippen molar-refractivity contribution in [2.24, 2.45) is 0 Å². The summed E-state index contributed by atoms with van der Waals surface area (Å²) < 4.78 is 5.00. The van der Waals surface area contributed by atoms with Crippen molar-refractivity contribution in [1.82, 2.24) is 9.97 Å². The minimum Gasteiger partial charge on any atom is -0.428 e. The third-order valence-corrected chi connectivity index (χ3v) is 2.18. The highest BCUT2D eigenvalue weighted by Gasteiger charge is 2.02. The van der Waals surface area contributed by atoms with Crippen molar-refractivity contribution in [2.45, 2.75) is 26.7 Å². The zero-order valence-corrected chi connectivity index (χ0v) is 9.97. The van der Waals surface area contributed by atoms with Gasteiger partial charge in [0.1, 0.15) is 5.82 Å². The lowest BCUT2D eigenvalue weighted by Crippen LogP contribution is -1.98. The minimum absolute atomic E-state index is 0.382. The maximum Gasteiger partial charge on any atom is 0.225 e. The van der Waals surface area contributed by atoms with Gasteiger partial charge in [-0.15, -0.1) is 0 Å². The van der Waals surface area contributed by atoms with Crippen molar-refractivity contribution in [3.63, 3.8) is 0 Å². The molecule has 0 amide bonds. The predicted molar refractivity (Wildman–Crippen MR) is 59.3 cm³/mol. The molecule has 6 heteroatoms. The fourth-order valence-corrected chi connectivity index (χ4v) is 1.62. The molecule has 1 aromatic heterocycles. The lowest BCUT2D eigenvalue weighted by atomic mass is 10.3. The highest BCUT2D eigenvalue weighted by atomic mass is 32.4. The topological polar surface area (TPSA) is 55.2 Å². The van der Waals surface area contributed by atoms with Crippen molar-refractivity contribution in [3.8, 4) is 5.88 Å². The van der Waals surface area contributed by atoms with Gasteiger partial charge in [-0.3, -0.25) is 0 Å². The summed E-state index contributed by atoms with van der Waals surface area (Å²) in [7, 11) is -2.14. The SMILES string of the molecule is CCCc1nc(C)cc(O[PH](O)=S)n1. The number of aromatic nitrogens is 2. The number of hydrogen-bond donors (Lipinski definition) is 1. The van der Waals surface area contributed by atoms with Crippen molar-refractivity contribution in [3.05, 3.63) is 17.6 Å². The van der Waals surface area contributed by atoms with E-state index in [1.54, 1.807) is 6.07 Å². The number of rotatable bonds is 4. The van der Waals surface area contributed by atoms with Crippen LogP contribution in [0.4, 0.5) is 0 Å². The summed E-state index contributed by atoms with van der Waals surface area (Å²) in [5, 5.41) is 0. The van der Waals surface area contributed by atoms with Crippen LogP contribution in [0.15, 0.2) is 6.07 Å². The second-order valence-corrected chi connectivity index (χ2v) is 4.67. The van der Waals surface area contributed by atoms with Crippen molar-refractivity contribution in [1.29, 1.82) is 0 Å². The number of aryl methyl sites for hydroxylation is 2. The van der Waals surface area contributed by atoms with Gasteiger partial charge in [0.25, 0.3) is 0 Å². The van der Waals surface area contributed by atoms with E-state index in [1.165, 1.54) is 0 Å². The van der Waals surface area contributed by atoms with Crippen molar-refractivity contribution in [2.75, 3.05) is 0 Å². The first kappa shape index (κ1) is 11.6. The summed E-state index contributed by atoms with van der Waals surface area (Å²) >= 11 is 4.59. The van der Waals surface area contributed by atoms with E-state index < -0.39 is 7.15 Å². The van der Waals surface area contributed by atoms with Gasteiger partial charge in [-0.1, -0.05) is 6.92 Å². The third-order valence-electron chi connectivity index (χ3n) is 1.54. The van der Waals surface area contributed by atoms with Crippen LogP contribution >= 0.6 is 7.15 Å². The molecule has 0 aromatic carbocycles. The normalized spacial score (nSPS) is 12.5. The van der Waals surface area contributed by atoms with Gasteiger partial charge in [0.05, 0.1) is 0 Å². The van der Waals surface area contributed by atoms with Crippen LogP contribution in [0.2, 0.25) is 0 Å². The Morgan fingerprint density at radius 3 is 2.86 bits per heavy atom. The van der Waals surface area contributed by atoms with Crippen LogP contribution in [-0.4, -0.2) is 14.9 Å². The van der Waals surface area contributed by atoms with E-state index in [1.807, 2.05) is 6.92 Å². The molecular weight excluding hydrogens is 219 g/mol. The Morgan fingerprint density at radius 2 is 2.29 bits per heavy atom. The Bertz CT molecular complexity index is 346. The van der Waals surface area contributed by atoms with E-state index in [4.69, 9.17) is 9.42 Å². The molecule has 1 N–H and O–H groups in total. The van der Waals surface area contributed by atoms with E-state index in [0.29, 0.717) is 5.88 Å². The van der Waals surface area contributed by atoms with Gasteiger partial charge >= 0.3 is 0 Å². The smallest absolute Gasteiger partial charge is 0.225 e. The second kappa shape index (κ2) is 5.39. The van der Waals surface area contributed by atoms with E-state index in [2.05, 4.69) is 28.7 Å². The molecule has 0 bridgehead atoms. The van der Waals surface area contributed by atoms with Gasteiger partial charge < -0.3 is 9.42 Å². The maximum atomic E-state index is 8.95. The molecule has 0 aliphatic rings. The number of nitrogens with zero attached hydrogens (tertiary/aromatic N) is 2. The first-order valence-corrected chi connectivity index (χ1v) is 6.86. The first-order chi connectivity index (χ1) is 6.61. The largest absolute Gasteiger partial charge is 0.428 e. The Kier molecular flexibility index (Phi) is 4.45. The summed E-state index contributed by atoms with van der Waals surface area (Å²) in [6.45, 7) is 3.92. The maximum absolute atomic E-state index is 8.95. The van der Waals surface area contributed by atoms with Crippen LogP contribution in [0, 0.1) is 6.92 Å². The lowest BCUT2D eigenvalue weighted by molar-refractivity contribution is 0.494. The quantitative estimate of drug-likeness (QED) is 0.799. The van der Waals surface area contributed by atoms with E-state index in [0.717, 1.165) is 24.4 Å². The van der Waals surface area contributed by atoms with Crippen LogP contribution < -0.4 is 4.52 Å². The van der Waals surface area contributed by atoms with Crippen LogP contribution in [-0.2, 0) is 18.2 Å². The molecule has 0 aliphatic carbocycles. The summed E-state index contributed by atoms with van der Waals surface area (Å²) in [5.41, 5.74) is 0.830. The Labute approximate surface area is 88.9 Å². The third kappa shape index (κ3) is 3.70. The highest BCUT2D eigenvalue weighted by molar-refractivity contribution is 8.00. The van der Waals surface area contributed by atoms with Gasteiger partial charge in [-0.25, -0.2) is 4.98 Å². The first-order valence-electron chi connectivity index (χ1n) is 4.37. The molecule has 0 fully saturated rings. The molecule has 0 aliphatic heterocycles. The molecular formula is C8H13N2O2PS. The molecule has 0 saturated carbocycles. The predicted octanol–water partition coefficient (Wildman–Crippen LogP) is 1.61. The Morgan fingerprint density at radius 1 is 1.57 bits per heavy atom. The molecule has 0 spiro atoms. The van der Waals surface area contributed by atoms with E-state index in [-0.39, 0.29) is 0 Å². The standard InChI is InChI=1S/C8H13N2O2PS/c1-3-4-7-9-6(2)5-8(10-7)12-13(11)14/h5,13H,3-4H2,1-2H3,(H,11,14). The van der Waals surface area contributed by atoms with E-state index in [9.17, 15) is 0 Å². The molecule has 4 nitrogen and oxygen atoms in total. The van der Waals surface area contributed by atoms with Gasteiger partial charge in [-0.05, 0) is 25.2 Å². The molecule has 0 saturated heterocycles. The van der Waals surface area contributed by atoms with Crippen LogP contribution in [0.5, 0.6) is 5.88 Å². The van der Waals surface area contributed by atoms with Gasteiger partial charge in [0.15, 0.2) is 0 Å². The number of hydrogen-bond acceptors (Lipinski definition) is 4. The molecule has 0 radical (unpaired) electrons. The van der Waals surface area contributed by atoms with Crippen LogP contribution in [0.3, 0.4) is 0 Å². The molecule has 1 aromatic rings. The monoisotopic (exact) mass is 232 g/mol. The fraction of sp³-hybridized carbons (Fsp3) is 0.500. The zero-order valence-electron chi connectivity index (χ0n) is 8.15. The van der Waals surface area contributed by atoms with Crippen LogP contribution in [0.1, 0.15) is 24.9 Å². The molecule has 1 atom stereocenters. The molecule has 1 rings (SSSR count). The van der Waals surface area contributed by atoms with Gasteiger partial charge in [-0.2, -0.15) is 4.98 Å². The van der Waals surface area contributed by atoms with Crippen molar-refractivity contribution >= 4 is 19.0 Å². The molecule has 14 heavy (non-hydrogen) atoms. The minimum atomic E-state index is -2.14. The lowest BCUT2D eigenvalue weighted by Gasteiger charge is -2.05. The summed E-state index contributed by atoms with van der Waals surface area (Å²) in [6.07, 6.45) is 1.79.